The molecular weight excluding hydrogens is 424 g/mol. The largest absolute Gasteiger partial charge is 0.459 e. The van der Waals surface area contributed by atoms with E-state index in [1.807, 2.05) is 44.2 Å². The maximum atomic E-state index is 12.6. The Balaban J connectivity index is 1.88. The molecule has 3 atom stereocenters. The van der Waals surface area contributed by atoms with Gasteiger partial charge in [0, 0.05) is 6.54 Å². The van der Waals surface area contributed by atoms with Gasteiger partial charge >= 0.3 is 5.97 Å². The lowest BCUT2D eigenvalue weighted by Gasteiger charge is -2.23. The minimum atomic E-state index is -2.07. The number of hydrogen-bond donors (Lipinski definition) is 4. The first-order valence-corrected chi connectivity index (χ1v) is 11.0. The van der Waals surface area contributed by atoms with Crippen molar-refractivity contribution >= 4 is 17.8 Å². The van der Waals surface area contributed by atoms with Crippen LogP contribution in [0, 0.1) is 5.92 Å². The minimum Gasteiger partial charge on any atom is -0.459 e. The number of benzene rings is 2. The van der Waals surface area contributed by atoms with Gasteiger partial charge < -0.3 is 25.6 Å². The third-order valence-corrected chi connectivity index (χ3v) is 4.93. The molecule has 2 amide bonds. The van der Waals surface area contributed by atoms with Crippen molar-refractivity contribution < 1.29 is 29.3 Å². The van der Waals surface area contributed by atoms with E-state index in [9.17, 15) is 24.6 Å². The molecule has 0 fully saturated rings. The van der Waals surface area contributed by atoms with Gasteiger partial charge in [0.2, 0.25) is 5.91 Å². The van der Waals surface area contributed by atoms with Crippen molar-refractivity contribution in [3.8, 4) is 0 Å². The number of esters is 1. The summed E-state index contributed by atoms with van der Waals surface area (Å²) < 4.78 is 4.97. The van der Waals surface area contributed by atoms with Crippen LogP contribution >= 0.6 is 0 Å². The molecule has 33 heavy (non-hydrogen) atoms. The summed E-state index contributed by atoms with van der Waals surface area (Å²) in [6.45, 7) is 4.06. The molecule has 8 nitrogen and oxygen atoms in total. The van der Waals surface area contributed by atoms with Crippen molar-refractivity contribution in [3.63, 3.8) is 0 Å². The third-order valence-electron chi connectivity index (χ3n) is 4.93. The molecule has 0 unspecified atom stereocenters. The van der Waals surface area contributed by atoms with E-state index in [2.05, 4.69) is 10.6 Å². The predicted molar refractivity (Wildman–Crippen MR) is 123 cm³/mol. The first kappa shape index (κ1) is 26.0. The lowest BCUT2D eigenvalue weighted by molar-refractivity contribution is -0.165. The van der Waals surface area contributed by atoms with E-state index in [0.29, 0.717) is 24.9 Å². The lowest BCUT2D eigenvalue weighted by atomic mass is 10.0. The molecule has 0 saturated heterocycles. The van der Waals surface area contributed by atoms with Crippen LogP contribution in [-0.2, 0) is 32.1 Å². The number of aliphatic hydroxyl groups excluding tert-OH is 2. The summed E-state index contributed by atoms with van der Waals surface area (Å²) in [6.07, 6.45) is -3.19. The Kier molecular flexibility index (Phi) is 10.5. The first-order chi connectivity index (χ1) is 15.8. The van der Waals surface area contributed by atoms with Gasteiger partial charge in [0.25, 0.3) is 5.91 Å². The number of hydrogen-bond acceptors (Lipinski definition) is 6. The number of aliphatic hydroxyl groups is 2. The standard InChI is InChI=1S/C25H32N2O6/c1-17(2)15-20(23(30)26-14-13-18-9-5-3-6-10-18)27-24(31)21(28)22(29)25(32)33-16-19-11-7-4-8-12-19/h3-12,17,20-22,28-29H,13-16H2,1-2H3,(H,26,30)(H,27,31)/t20-,21-,22-/m0/s1. The van der Waals surface area contributed by atoms with E-state index < -0.39 is 36.0 Å². The Labute approximate surface area is 194 Å². The number of carbonyl (C=O) groups is 3. The molecule has 2 aromatic carbocycles. The molecule has 8 heteroatoms. The summed E-state index contributed by atoms with van der Waals surface area (Å²) in [5, 5.41) is 25.4. The second kappa shape index (κ2) is 13.3. The van der Waals surface area contributed by atoms with Gasteiger partial charge in [0.15, 0.2) is 12.2 Å². The van der Waals surface area contributed by atoms with Crippen molar-refractivity contribution in [1.82, 2.24) is 10.6 Å². The molecule has 178 valence electrons. The molecule has 4 N–H and O–H groups in total. The zero-order valence-electron chi connectivity index (χ0n) is 18.9. The summed E-state index contributed by atoms with van der Waals surface area (Å²) in [4.78, 5) is 37.1. The maximum Gasteiger partial charge on any atom is 0.338 e. The molecule has 0 radical (unpaired) electrons. The Morgan fingerprint density at radius 1 is 0.848 bits per heavy atom. The normalized spacial score (nSPS) is 13.6. The van der Waals surface area contributed by atoms with Crippen molar-refractivity contribution in [1.29, 1.82) is 0 Å². The minimum absolute atomic E-state index is 0.0769. The van der Waals surface area contributed by atoms with E-state index >= 15 is 0 Å². The zero-order valence-corrected chi connectivity index (χ0v) is 18.9. The quantitative estimate of drug-likeness (QED) is 0.357. The molecule has 2 aromatic rings. The monoisotopic (exact) mass is 456 g/mol. The molecular formula is C25H32N2O6. The van der Waals surface area contributed by atoms with Crippen LogP contribution in [0.2, 0.25) is 0 Å². The van der Waals surface area contributed by atoms with Crippen LogP contribution in [0.4, 0.5) is 0 Å². The van der Waals surface area contributed by atoms with Crippen molar-refractivity contribution in [3.05, 3.63) is 71.8 Å². The topological polar surface area (TPSA) is 125 Å². The van der Waals surface area contributed by atoms with Crippen molar-refractivity contribution in [2.24, 2.45) is 5.92 Å². The van der Waals surface area contributed by atoms with Crippen LogP contribution in [0.5, 0.6) is 0 Å². The van der Waals surface area contributed by atoms with Crippen LogP contribution in [0.15, 0.2) is 60.7 Å². The van der Waals surface area contributed by atoms with Crippen LogP contribution in [0.1, 0.15) is 31.4 Å². The van der Waals surface area contributed by atoms with Gasteiger partial charge in [-0.15, -0.1) is 0 Å². The van der Waals surface area contributed by atoms with E-state index in [4.69, 9.17) is 4.74 Å². The highest BCUT2D eigenvalue weighted by atomic mass is 16.5. The Morgan fingerprint density at radius 3 is 2.00 bits per heavy atom. The third kappa shape index (κ3) is 9.03. The second-order valence-corrected chi connectivity index (χ2v) is 8.20. The number of ether oxygens (including phenoxy) is 1. The van der Waals surface area contributed by atoms with Gasteiger partial charge in [-0.05, 0) is 29.9 Å². The van der Waals surface area contributed by atoms with Gasteiger partial charge in [0.05, 0.1) is 0 Å². The molecule has 0 bridgehead atoms. The molecule has 0 aromatic heterocycles. The Morgan fingerprint density at radius 2 is 1.42 bits per heavy atom. The van der Waals surface area contributed by atoms with Gasteiger partial charge in [-0.3, -0.25) is 9.59 Å². The fourth-order valence-electron chi connectivity index (χ4n) is 3.14. The lowest BCUT2D eigenvalue weighted by Crippen LogP contribution is -2.53. The summed E-state index contributed by atoms with van der Waals surface area (Å²) in [5.74, 6) is -2.48. The highest BCUT2D eigenvalue weighted by molar-refractivity contribution is 5.92. The number of amides is 2. The fraction of sp³-hybridized carbons (Fsp3) is 0.400. The van der Waals surface area contributed by atoms with E-state index in [-0.39, 0.29) is 12.5 Å². The summed E-state index contributed by atoms with van der Waals surface area (Å²) in [5.41, 5.74) is 1.76. The SMILES string of the molecule is CC(C)C[C@H](NC(=O)[C@@H](O)[C@H](O)C(=O)OCc1ccccc1)C(=O)NCCc1ccccc1. The molecule has 0 spiro atoms. The van der Waals surface area contributed by atoms with Crippen molar-refractivity contribution in [2.75, 3.05) is 6.54 Å². The summed E-state index contributed by atoms with van der Waals surface area (Å²) >= 11 is 0. The highest BCUT2D eigenvalue weighted by Crippen LogP contribution is 2.08. The highest BCUT2D eigenvalue weighted by Gasteiger charge is 2.34. The van der Waals surface area contributed by atoms with E-state index in [1.54, 1.807) is 30.3 Å². The molecule has 0 aliphatic heterocycles. The van der Waals surface area contributed by atoms with Crippen molar-refractivity contribution in [2.45, 2.75) is 51.5 Å². The fourth-order valence-corrected chi connectivity index (χ4v) is 3.14. The Hall–Kier alpha value is -3.23. The molecule has 0 heterocycles. The van der Waals surface area contributed by atoms with E-state index in [0.717, 1.165) is 5.56 Å². The summed E-state index contributed by atoms with van der Waals surface area (Å²) in [6, 6.07) is 17.5. The number of carbonyl (C=O) groups excluding carboxylic acids is 3. The Bertz CT molecular complexity index is 888. The predicted octanol–water partition coefficient (Wildman–Crippen LogP) is 1.34. The van der Waals surface area contributed by atoms with Gasteiger partial charge in [-0.1, -0.05) is 74.5 Å². The molecule has 2 rings (SSSR count). The average Bonchev–Trinajstić information content (AvgIpc) is 2.82. The number of rotatable bonds is 12. The summed E-state index contributed by atoms with van der Waals surface area (Å²) in [7, 11) is 0. The second-order valence-electron chi connectivity index (χ2n) is 8.20. The van der Waals surface area contributed by atoms with Crippen LogP contribution < -0.4 is 10.6 Å². The number of nitrogens with one attached hydrogen (secondary N) is 2. The van der Waals surface area contributed by atoms with Gasteiger partial charge in [-0.2, -0.15) is 0 Å². The van der Waals surface area contributed by atoms with E-state index in [1.165, 1.54) is 0 Å². The smallest absolute Gasteiger partial charge is 0.338 e. The zero-order chi connectivity index (χ0) is 24.2. The average molecular weight is 457 g/mol. The van der Waals surface area contributed by atoms with Crippen LogP contribution in [0.25, 0.3) is 0 Å². The first-order valence-electron chi connectivity index (χ1n) is 11.0. The maximum absolute atomic E-state index is 12.6. The van der Waals surface area contributed by atoms with Crippen LogP contribution in [-0.4, -0.2) is 52.8 Å². The van der Waals surface area contributed by atoms with Crippen LogP contribution in [0.3, 0.4) is 0 Å². The molecule has 0 aliphatic carbocycles. The molecule has 0 aliphatic rings. The molecule has 0 saturated carbocycles. The van der Waals surface area contributed by atoms with Gasteiger partial charge in [-0.25, -0.2) is 4.79 Å². The van der Waals surface area contributed by atoms with Gasteiger partial charge in [0.1, 0.15) is 12.6 Å².